The number of nitrogens with zero attached hydrogens (tertiary/aromatic N) is 1. The van der Waals surface area contributed by atoms with Crippen LogP contribution in [0.2, 0.25) is 5.02 Å². The van der Waals surface area contributed by atoms with Crippen LogP contribution in [-0.2, 0) is 19.1 Å². The zero-order valence-electron chi connectivity index (χ0n) is 13.4. The van der Waals surface area contributed by atoms with Crippen molar-refractivity contribution < 1.29 is 23.5 Å². The molecule has 2 rings (SSSR count). The standard InChI is InChI=1S/C17H19ClFNO4/c1-2-24-17(22)14(9-12-3-4-13(19)10-15(12)18)16(21)11-20-5-7-23-8-6-20/h3-4,9-10H,2,5-8,11H2,1H3/b14-9-. The van der Waals surface area contributed by atoms with Gasteiger partial charge in [0.05, 0.1) is 31.4 Å². The van der Waals surface area contributed by atoms with Gasteiger partial charge in [-0.15, -0.1) is 0 Å². The topological polar surface area (TPSA) is 55.8 Å². The van der Waals surface area contributed by atoms with Gasteiger partial charge in [-0.3, -0.25) is 9.69 Å². The van der Waals surface area contributed by atoms with Crippen LogP contribution in [0.3, 0.4) is 0 Å². The zero-order valence-corrected chi connectivity index (χ0v) is 14.1. The maximum Gasteiger partial charge on any atom is 0.341 e. The number of hydrogen-bond acceptors (Lipinski definition) is 5. The van der Waals surface area contributed by atoms with Crippen molar-refractivity contribution in [3.8, 4) is 0 Å². The van der Waals surface area contributed by atoms with Gasteiger partial charge in [0.1, 0.15) is 11.4 Å². The summed E-state index contributed by atoms with van der Waals surface area (Å²) in [5, 5.41) is 0.121. The highest BCUT2D eigenvalue weighted by atomic mass is 35.5. The summed E-state index contributed by atoms with van der Waals surface area (Å²) in [6, 6.07) is 3.76. The van der Waals surface area contributed by atoms with E-state index < -0.39 is 11.8 Å². The largest absolute Gasteiger partial charge is 0.462 e. The predicted molar refractivity (Wildman–Crippen MR) is 88.3 cm³/mol. The maximum absolute atomic E-state index is 13.1. The van der Waals surface area contributed by atoms with Gasteiger partial charge >= 0.3 is 5.97 Å². The number of ether oxygens (including phenoxy) is 2. The van der Waals surface area contributed by atoms with Crippen molar-refractivity contribution in [1.29, 1.82) is 0 Å². The van der Waals surface area contributed by atoms with Gasteiger partial charge < -0.3 is 9.47 Å². The van der Waals surface area contributed by atoms with E-state index in [1.165, 1.54) is 18.2 Å². The lowest BCUT2D eigenvalue weighted by molar-refractivity contribution is -0.140. The molecule has 0 aliphatic carbocycles. The van der Waals surface area contributed by atoms with E-state index in [0.717, 1.165) is 6.07 Å². The Bertz CT molecular complexity index is 641. The SMILES string of the molecule is CCOC(=O)/C(=C\c1ccc(F)cc1Cl)C(=O)CN1CCOCC1. The molecule has 0 radical (unpaired) electrons. The minimum absolute atomic E-state index is 0.0901. The molecule has 1 aliphatic heterocycles. The van der Waals surface area contributed by atoms with Crippen molar-refractivity contribution in [1.82, 2.24) is 4.90 Å². The molecule has 1 fully saturated rings. The minimum Gasteiger partial charge on any atom is -0.462 e. The van der Waals surface area contributed by atoms with E-state index in [1.54, 1.807) is 6.92 Å². The first-order chi connectivity index (χ1) is 11.5. The number of carbonyl (C=O) groups is 2. The number of halogens is 2. The third kappa shape index (κ3) is 5.12. The van der Waals surface area contributed by atoms with Gasteiger partial charge in [-0.25, -0.2) is 9.18 Å². The number of morpholine rings is 1. The fourth-order valence-corrected chi connectivity index (χ4v) is 2.51. The lowest BCUT2D eigenvalue weighted by Gasteiger charge is -2.25. The van der Waals surface area contributed by atoms with Crippen LogP contribution in [0.15, 0.2) is 23.8 Å². The van der Waals surface area contributed by atoms with Crippen LogP contribution in [0.25, 0.3) is 6.08 Å². The van der Waals surface area contributed by atoms with E-state index >= 15 is 0 Å². The lowest BCUT2D eigenvalue weighted by Crippen LogP contribution is -2.40. The molecule has 1 heterocycles. The summed E-state index contributed by atoms with van der Waals surface area (Å²) in [5.41, 5.74) is 0.285. The first-order valence-electron chi connectivity index (χ1n) is 7.68. The van der Waals surface area contributed by atoms with Crippen LogP contribution in [0, 0.1) is 5.82 Å². The van der Waals surface area contributed by atoms with Crippen LogP contribution in [0.1, 0.15) is 12.5 Å². The van der Waals surface area contributed by atoms with E-state index in [2.05, 4.69) is 0 Å². The van der Waals surface area contributed by atoms with Crippen LogP contribution in [0.5, 0.6) is 0 Å². The Morgan fingerprint density at radius 2 is 2.08 bits per heavy atom. The highest BCUT2D eigenvalue weighted by Crippen LogP contribution is 2.21. The van der Waals surface area contributed by atoms with Crippen LogP contribution in [-0.4, -0.2) is 56.1 Å². The molecule has 0 unspecified atom stereocenters. The Morgan fingerprint density at radius 1 is 1.38 bits per heavy atom. The summed E-state index contributed by atoms with van der Waals surface area (Å²) in [5.74, 6) is -1.57. The summed E-state index contributed by atoms with van der Waals surface area (Å²) in [6.07, 6.45) is 1.35. The number of hydrogen-bond donors (Lipinski definition) is 0. The predicted octanol–water partition coefficient (Wildman–Crippen LogP) is 2.33. The number of esters is 1. The molecule has 130 valence electrons. The number of Topliss-reactive ketones (excluding diaryl/α,β-unsaturated/α-hetero) is 1. The molecule has 7 heteroatoms. The van der Waals surface area contributed by atoms with E-state index in [9.17, 15) is 14.0 Å². The monoisotopic (exact) mass is 355 g/mol. The zero-order chi connectivity index (χ0) is 17.5. The summed E-state index contributed by atoms with van der Waals surface area (Å²) in [7, 11) is 0. The smallest absolute Gasteiger partial charge is 0.341 e. The molecule has 1 aromatic rings. The number of benzene rings is 1. The molecule has 0 atom stereocenters. The molecular weight excluding hydrogens is 337 g/mol. The van der Waals surface area contributed by atoms with Crippen molar-refractivity contribution >= 4 is 29.4 Å². The highest BCUT2D eigenvalue weighted by molar-refractivity contribution is 6.32. The Morgan fingerprint density at radius 3 is 2.71 bits per heavy atom. The molecule has 1 saturated heterocycles. The Labute approximate surface area is 145 Å². The second-order valence-electron chi connectivity index (χ2n) is 5.26. The third-order valence-electron chi connectivity index (χ3n) is 3.53. The van der Waals surface area contributed by atoms with Crippen molar-refractivity contribution in [2.24, 2.45) is 0 Å². The van der Waals surface area contributed by atoms with E-state index in [1.807, 2.05) is 4.90 Å². The molecule has 1 aromatic carbocycles. The fraction of sp³-hybridized carbons (Fsp3) is 0.412. The van der Waals surface area contributed by atoms with Gasteiger partial charge in [0.25, 0.3) is 0 Å². The van der Waals surface area contributed by atoms with Crippen molar-refractivity contribution in [2.75, 3.05) is 39.5 Å². The number of carbonyl (C=O) groups excluding carboxylic acids is 2. The molecule has 0 bridgehead atoms. The Balaban J connectivity index is 2.24. The van der Waals surface area contributed by atoms with Gasteiger partial charge in [0.15, 0.2) is 5.78 Å². The van der Waals surface area contributed by atoms with Gasteiger partial charge in [0.2, 0.25) is 0 Å². The van der Waals surface area contributed by atoms with Crippen molar-refractivity contribution in [2.45, 2.75) is 6.92 Å². The minimum atomic E-state index is -0.712. The molecular formula is C17H19ClFNO4. The van der Waals surface area contributed by atoms with E-state index in [4.69, 9.17) is 21.1 Å². The Hall–Kier alpha value is -1.76. The molecule has 1 aliphatic rings. The molecule has 0 spiro atoms. The molecule has 0 N–H and O–H groups in total. The normalized spacial score (nSPS) is 16.0. The second-order valence-corrected chi connectivity index (χ2v) is 5.66. The molecule has 0 saturated carbocycles. The first kappa shape index (κ1) is 18.6. The van der Waals surface area contributed by atoms with Gasteiger partial charge in [0, 0.05) is 13.1 Å². The van der Waals surface area contributed by atoms with Crippen LogP contribution >= 0.6 is 11.6 Å². The van der Waals surface area contributed by atoms with Crippen LogP contribution < -0.4 is 0 Å². The van der Waals surface area contributed by atoms with Crippen LogP contribution in [0.4, 0.5) is 4.39 Å². The summed E-state index contributed by atoms with van der Waals surface area (Å²) in [6.45, 7) is 4.25. The van der Waals surface area contributed by atoms with Crippen molar-refractivity contribution in [3.05, 3.63) is 40.2 Å². The Kier molecular flexibility index (Phi) is 6.90. The van der Waals surface area contributed by atoms with Crippen molar-refractivity contribution in [3.63, 3.8) is 0 Å². The summed E-state index contributed by atoms with van der Waals surface area (Å²) >= 11 is 5.98. The molecule has 24 heavy (non-hydrogen) atoms. The van der Waals surface area contributed by atoms with E-state index in [-0.39, 0.29) is 29.5 Å². The number of ketones is 1. The number of rotatable bonds is 6. The lowest BCUT2D eigenvalue weighted by atomic mass is 10.1. The summed E-state index contributed by atoms with van der Waals surface area (Å²) < 4.78 is 23.3. The average molecular weight is 356 g/mol. The maximum atomic E-state index is 13.1. The third-order valence-corrected chi connectivity index (χ3v) is 3.86. The highest BCUT2D eigenvalue weighted by Gasteiger charge is 2.23. The van der Waals surface area contributed by atoms with Gasteiger partial charge in [-0.1, -0.05) is 17.7 Å². The average Bonchev–Trinajstić information content (AvgIpc) is 2.55. The van der Waals surface area contributed by atoms with Gasteiger partial charge in [-0.2, -0.15) is 0 Å². The quantitative estimate of drug-likeness (QED) is 0.339. The molecule has 5 nitrogen and oxygen atoms in total. The molecule has 0 amide bonds. The fourth-order valence-electron chi connectivity index (χ4n) is 2.28. The first-order valence-corrected chi connectivity index (χ1v) is 8.06. The van der Waals surface area contributed by atoms with Gasteiger partial charge in [-0.05, 0) is 30.7 Å². The van der Waals surface area contributed by atoms with E-state index in [0.29, 0.717) is 31.9 Å². The second kappa shape index (κ2) is 8.92. The molecule has 0 aromatic heterocycles. The summed E-state index contributed by atoms with van der Waals surface area (Å²) in [4.78, 5) is 26.6.